The molecule has 0 bridgehead atoms. The van der Waals surface area contributed by atoms with E-state index in [9.17, 15) is 31.9 Å². The van der Waals surface area contributed by atoms with Crippen LogP contribution in [0.4, 0.5) is 17.6 Å². The molecule has 0 atom stereocenters. The Morgan fingerprint density at radius 3 is 2.02 bits per heavy atom. The summed E-state index contributed by atoms with van der Waals surface area (Å²) in [4.78, 5) is 55.3. The van der Waals surface area contributed by atoms with Gasteiger partial charge in [-0.3, -0.25) is 14.4 Å². The van der Waals surface area contributed by atoms with Crippen molar-refractivity contribution >= 4 is 23.6 Å². The van der Waals surface area contributed by atoms with Gasteiger partial charge in [0.25, 0.3) is 5.56 Å². The summed E-state index contributed by atoms with van der Waals surface area (Å²) in [5, 5.41) is 0.247. The maximum Gasteiger partial charge on any atom is 0.416 e. The fourth-order valence-electron chi connectivity index (χ4n) is 5.02. The van der Waals surface area contributed by atoms with Gasteiger partial charge >= 0.3 is 12.2 Å². The summed E-state index contributed by atoms with van der Waals surface area (Å²) in [6, 6.07) is 17.8. The molecule has 0 aliphatic carbocycles. The predicted octanol–water partition coefficient (Wildman–Crippen LogP) is 5.87. The first kappa shape index (κ1) is 37.7. The first-order chi connectivity index (χ1) is 24.8. The number of rotatable bonds is 13. The van der Waals surface area contributed by atoms with Crippen LogP contribution < -0.4 is 10.3 Å². The average molecular weight is 735 g/mol. The number of hydrogen-bond acceptors (Lipinski definition) is 8. The summed E-state index contributed by atoms with van der Waals surface area (Å²) in [6.07, 6.45) is 0.282. The van der Waals surface area contributed by atoms with E-state index in [2.05, 4.69) is 15.0 Å². The van der Waals surface area contributed by atoms with Crippen LogP contribution in [0.25, 0.3) is 11.1 Å². The molecule has 2 aromatic heterocycles. The van der Waals surface area contributed by atoms with Crippen LogP contribution in [0.3, 0.4) is 0 Å². The van der Waals surface area contributed by atoms with Crippen molar-refractivity contribution < 1.29 is 31.9 Å². The van der Waals surface area contributed by atoms with Crippen molar-refractivity contribution in [2.45, 2.75) is 36.6 Å². The molecular weight excluding hydrogens is 701 g/mol. The number of alkyl halides is 3. The molecule has 3 aromatic carbocycles. The SMILES string of the molecule is COc1ncc(Cc2cn(CC(=O)N(CC(=O)N(C)C)Cc3ccc(-c4ccc(C(F)(F)F)cc4)cc3)c(SCc3ccc(F)cc3)nc2=O)cn1. The zero-order chi connectivity index (χ0) is 37.4. The van der Waals surface area contributed by atoms with Crippen molar-refractivity contribution in [3.8, 4) is 17.1 Å². The third-order valence-electron chi connectivity index (χ3n) is 7.93. The fourth-order valence-corrected chi connectivity index (χ4v) is 5.94. The standard InChI is InChI=1S/C37H34F4N6O4S/c1-45(2)32(48)21-46(19-24-4-8-27(9-5-24)28-10-12-30(13-11-28)37(39,40)41)33(49)22-47-20-29(16-26-17-42-35(51-3)43-18-26)34(50)44-36(47)52-23-25-6-14-31(38)15-7-25/h4-15,17-18,20H,16,19,21-23H2,1-3H3. The number of benzene rings is 3. The number of hydrogen-bond donors (Lipinski definition) is 0. The number of halogens is 4. The zero-order valence-corrected chi connectivity index (χ0v) is 29.2. The molecule has 15 heteroatoms. The Labute approximate surface area is 301 Å². The molecule has 0 radical (unpaired) electrons. The smallest absolute Gasteiger partial charge is 0.416 e. The number of methoxy groups -OCH3 is 1. The summed E-state index contributed by atoms with van der Waals surface area (Å²) in [5.74, 6) is -0.808. The second kappa shape index (κ2) is 16.6. The number of carbonyl (C=O) groups is 2. The van der Waals surface area contributed by atoms with Crippen LogP contribution in [0.2, 0.25) is 0 Å². The van der Waals surface area contributed by atoms with Crippen LogP contribution in [-0.2, 0) is 41.0 Å². The van der Waals surface area contributed by atoms with E-state index in [0.29, 0.717) is 28.0 Å². The molecule has 0 N–H and O–H groups in total. The van der Waals surface area contributed by atoms with Crippen LogP contribution in [0.1, 0.15) is 27.8 Å². The van der Waals surface area contributed by atoms with Gasteiger partial charge in [0, 0.05) is 57.0 Å². The molecule has 5 rings (SSSR count). The van der Waals surface area contributed by atoms with Gasteiger partial charge in [0.1, 0.15) is 18.9 Å². The lowest BCUT2D eigenvalue weighted by molar-refractivity contribution is -0.140. The van der Waals surface area contributed by atoms with Gasteiger partial charge in [0.2, 0.25) is 11.8 Å². The first-order valence-electron chi connectivity index (χ1n) is 15.9. The van der Waals surface area contributed by atoms with Crippen LogP contribution in [0.5, 0.6) is 6.01 Å². The Hall–Kier alpha value is -5.57. The van der Waals surface area contributed by atoms with Gasteiger partial charge in [-0.05, 0) is 52.1 Å². The second-order valence-electron chi connectivity index (χ2n) is 12.0. The zero-order valence-electron chi connectivity index (χ0n) is 28.4. The molecular formula is C37H34F4N6O4S. The minimum absolute atomic E-state index is 0.0490. The number of likely N-dealkylation sites (N-methyl/N-ethyl adjacent to an activating group) is 1. The van der Waals surface area contributed by atoms with E-state index < -0.39 is 23.2 Å². The Morgan fingerprint density at radius 1 is 0.846 bits per heavy atom. The van der Waals surface area contributed by atoms with Crippen molar-refractivity contribution in [2.75, 3.05) is 27.7 Å². The highest BCUT2D eigenvalue weighted by Crippen LogP contribution is 2.31. The van der Waals surface area contributed by atoms with Gasteiger partial charge in [0.05, 0.1) is 12.7 Å². The van der Waals surface area contributed by atoms with E-state index in [-0.39, 0.29) is 54.5 Å². The van der Waals surface area contributed by atoms with Gasteiger partial charge in [-0.15, -0.1) is 0 Å². The maximum atomic E-state index is 14.0. The monoisotopic (exact) mass is 734 g/mol. The maximum absolute atomic E-state index is 14.0. The molecule has 0 unspecified atom stereocenters. The van der Waals surface area contributed by atoms with Crippen LogP contribution >= 0.6 is 11.8 Å². The lowest BCUT2D eigenvalue weighted by Gasteiger charge is -2.25. The third kappa shape index (κ3) is 10.0. The van der Waals surface area contributed by atoms with Crippen molar-refractivity contribution in [1.29, 1.82) is 0 Å². The summed E-state index contributed by atoms with van der Waals surface area (Å²) >= 11 is 1.20. The Morgan fingerprint density at radius 2 is 1.44 bits per heavy atom. The van der Waals surface area contributed by atoms with Crippen LogP contribution in [0.15, 0.2) is 101 Å². The molecule has 2 heterocycles. The van der Waals surface area contributed by atoms with Gasteiger partial charge in [-0.1, -0.05) is 60.3 Å². The van der Waals surface area contributed by atoms with Gasteiger partial charge in [-0.2, -0.15) is 18.2 Å². The summed E-state index contributed by atoms with van der Waals surface area (Å²) in [6.45, 7) is -0.461. The molecule has 0 spiro atoms. The highest BCUT2D eigenvalue weighted by atomic mass is 32.2. The Kier molecular flexibility index (Phi) is 12.1. The van der Waals surface area contributed by atoms with E-state index in [1.54, 1.807) is 61.3 Å². The quantitative estimate of drug-likeness (QED) is 0.0841. The summed E-state index contributed by atoms with van der Waals surface area (Å²) in [7, 11) is 4.59. The van der Waals surface area contributed by atoms with E-state index in [1.165, 1.54) is 65.3 Å². The fraction of sp³-hybridized carbons (Fsp3) is 0.243. The highest BCUT2D eigenvalue weighted by Gasteiger charge is 2.30. The van der Waals surface area contributed by atoms with Gasteiger partial charge in [-0.25, -0.2) is 14.4 Å². The molecule has 0 fully saturated rings. The highest BCUT2D eigenvalue weighted by molar-refractivity contribution is 7.98. The van der Waals surface area contributed by atoms with E-state index in [1.807, 2.05) is 0 Å². The lowest BCUT2D eigenvalue weighted by atomic mass is 10.0. The molecule has 270 valence electrons. The van der Waals surface area contributed by atoms with Crippen LogP contribution in [0, 0.1) is 5.82 Å². The summed E-state index contributed by atoms with van der Waals surface area (Å²) in [5.41, 5.74) is 2.36. The number of thioether (sulfide) groups is 1. The van der Waals surface area contributed by atoms with Gasteiger partial charge < -0.3 is 19.1 Å². The Balaban J connectivity index is 1.41. The number of ether oxygens (including phenoxy) is 1. The number of nitrogens with zero attached hydrogens (tertiary/aromatic N) is 6. The predicted molar refractivity (Wildman–Crippen MR) is 187 cm³/mol. The molecule has 0 saturated heterocycles. The minimum atomic E-state index is -4.44. The normalized spacial score (nSPS) is 11.3. The molecule has 2 amide bonds. The topological polar surface area (TPSA) is 111 Å². The van der Waals surface area contributed by atoms with Crippen molar-refractivity contribution in [1.82, 2.24) is 29.3 Å². The minimum Gasteiger partial charge on any atom is -0.467 e. The van der Waals surface area contributed by atoms with Crippen molar-refractivity contribution in [3.05, 3.63) is 135 Å². The lowest BCUT2D eigenvalue weighted by Crippen LogP contribution is -2.41. The third-order valence-corrected chi connectivity index (χ3v) is 8.99. The number of carbonyl (C=O) groups excluding carboxylic acids is 2. The molecule has 0 aliphatic rings. The summed E-state index contributed by atoms with van der Waals surface area (Å²) < 4.78 is 59.2. The van der Waals surface area contributed by atoms with Gasteiger partial charge in [0.15, 0.2) is 5.16 Å². The molecule has 0 aliphatic heterocycles. The molecule has 0 saturated carbocycles. The van der Waals surface area contributed by atoms with E-state index in [4.69, 9.17) is 4.74 Å². The largest absolute Gasteiger partial charge is 0.467 e. The second-order valence-corrected chi connectivity index (χ2v) is 12.9. The van der Waals surface area contributed by atoms with E-state index in [0.717, 1.165) is 17.7 Å². The number of aromatic nitrogens is 4. The number of amides is 2. The van der Waals surface area contributed by atoms with Crippen molar-refractivity contribution in [2.24, 2.45) is 0 Å². The van der Waals surface area contributed by atoms with Crippen LogP contribution in [-0.4, -0.2) is 68.9 Å². The molecule has 10 nitrogen and oxygen atoms in total. The molecule has 52 heavy (non-hydrogen) atoms. The molecule has 5 aromatic rings. The Bertz CT molecular complexity index is 2060. The van der Waals surface area contributed by atoms with Crippen molar-refractivity contribution in [3.63, 3.8) is 0 Å². The van der Waals surface area contributed by atoms with E-state index >= 15 is 0 Å². The first-order valence-corrected chi connectivity index (χ1v) is 16.8. The average Bonchev–Trinajstić information content (AvgIpc) is 3.12.